The van der Waals surface area contributed by atoms with Gasteiger partial charge in [0.15, 0.2) is 0 Å². The number of carbonyl (C=O) groups excluding carboxylic acids is 2. The van der Waals surface area contributed by atoms with Gasteiger partial charge in [0.2, 0.25) is 5.91 Å². The highest BCUT2D eigenvalue weighted by atomic mass is 31.2. The first-order valence-corrected chi connectivity index (χ1v) is 31.8. The van der Waals surface area contributed by atoms with E-state index in [1.54, 1.807) is 0 Å². The third-order valence-electron chi connectivity index (χ3n) is 13.6. The van der Waals surface area contributed by atoms with Crippen LogP contribution in [0.15, 0.2) is 36.5 Å². The molecule has 0 aliphatic rings. The number of phosphoric acid groups is 1. The van der Waals surface area contributed by atoms with Gasteiger partial charge in [0, 0.05) is 12.8 Å². The van der Waals surface area contributed by atoms with E-state index in [2.05, 4.69) is 50.4 Å². The normalized spacial score (nSPS) is 14.0. The van der Waals surface area contributed by atoms with Crippen LogP contribution in [0.3, 0.4) is 0 Å². The summed E-state index contributed by atoms with van der Waals surface area (Å²) in [5, 5.41) is 3.06. The van der Waals surface area contributed by atoms with Gasteiger partial charge in [-0.3, -0.25) is 18.6 Å². The summed E-state index contributed by atoms with van der Waals surface area (Å²) in [6.07, 6.45) is 61.3. The van der Waals surface area contributed by atoms with Crippen LogP contribution in [0.2, 0.25) is 0 Å². The molecule has 3 unspecified atom stereocenters. The summed E-state index contributed by atoms with van der Waals surface area (Å²) in [4.78, 5) is 37.6. The molecule has 0 aliphatic heterocycles. The average Bonchev–Trinajstić information content (AvgIpc) is 3.33. The number of ether oxygens (including phenoxy) is 1. The molecule has 0 aliphatic carbocycles. The summed E-state index contributed by atoms with van der Waals surface area (Å²) in [6.45, 7) is 7.01. The van der Waals surface area contributed by atoms with Gasteiger partial charge in [-0.2, -0.15) is 0 Å². The van der Waals surface area contributed by atoms with Crippen molar-refractivity contribution in [2.24, 2.45) is 0 Å². The maximum absolute atomic E-state index is 13.5. The minimum atomic E-state index is -4.44. The van der Waals surface area contributed by atoms with Crippen LogP contribution >= 0.6 is 7.82 Å². The summed E-state index contributed by atoms with van der Waals surface area (Å²) in [7, 11) is 1.50. The molecule has 0 bridgehead atoms. The van der Waals surface area contributed by atoms with Gasteiger partial charge in [0.25, 0.3) is 0 Å². The van der Waals surface area contributed by atoms with Crippen LogP contribution < -0.4 is 5.32 Å². The molecule has 0 spiro atoms. The standard InChI is InChI=1S/C61H117N2O7P/c1-7-10-13-16-19-22-25-28-30-31-32-33-34-35-38-41-44-47-50-53-60(64)62-58(57-69-71(66,67)68-56-55-63(4,5)6)59(52-49-46-43-40-37-27-24-21-18-15-12-9-3)70-61(65)54-51-48-45-42-39-36-29-26-23-20-17-14-11-8-2/h19,22,28,30,49,52,58-59H,7-18,20-21,23-27,29,31-48,50-51,53-57H2,1-6H3,(H-,62,64,66,67)/p+1/b22-19-,30-28-,52-49-. The number of hydrogen-bond acceptors (Lipinski definition) is 6. The Labute approximate surface area is 440 Å². The van der Waals surface area contributed by atoms with Gasteiger partial charge in [0.1, 0.15) is 19.3 Å². The van der Waals surface area contributed by atoms with Gasteiger partial charge >= 0.3 is 13.8 Å². The van der Waals surface area contributed by atoms with E-state index in [-0.39, 0.29) is 25.1 Å². The van der Waals surface area contributed by atoms with E-state index >= 15 is 0 Å². The number of carbonyl (C=O) groups is 2. The molecular weight excluding hydrogens is 904 g/mol. The molecule has 0 saturated heterocycles. The molecule has 0 radical (unpaired) electrons. The first-order chi connectivity index (χ1) is 34.4. The summed E-state index contributed by atoms with van der Waals surface area (Å²) >= 11 is 0. The van der Waals surface area contributed by atoms with Gasteiger partial charge < -0.3 is 19.4 Å². The Bertz CT molecular complexity index is 1310. The first kappa shape index (κ1) is 69.2. The van der Waals surface area contributed by atoms with Crippen LogP contribution in [0.1, 0.15) is 290 Å². The van der Waals surface area contributed by atoms with E-state index in [1.165, 1.54) is 193 Å². The number of nitrogens with zero attached hydrogens (tertiary/aromatic N) is 1. The number of rotatable bonds is 55. The van der Waals surface area contributed by atoms with E-state index in [4.69, 9.17) is 13.8 Å². The third-order valence-corrected chi connectivity index (χ3v) is 14.6. The molecule has 1 amide bonds. The Morgan fingerprint density at radius 1 is 0.493 bits per heavy atom. The van der Waals surface area contributed by atoms with E-state index in [1.807, 2.05) is 33.3 Å². The molecule has 71 heavy (non-hydrogen) atoms. The summed E-state index contributed by atoms with van der Waals surface area (Å²) in [6, 6.07) is -0.845. The number of quaternary nitrogens is 1. The largest absolute Gasteiger partial charge is 0.472 e. The van der Waals surface area contributed by atoms with Gasteiger partial charge in [-0.1, -0.05) is 250 Å². The predicted octanol–water partition coefficient (Wildman–Crippen LogP) is 18.3. The van der Waals surface area contributed by atoms with Crippen molar-refractivity contribution in [1.82, 2.24) is 5.32 Å². The van der Waals surface area contributed by atoms with Crippen molar-refractivity contribution in [3.8, 4) is 0 Å². The third kappa shape index (κ3) is 52.9. The van der Waals surface area contributed by atoms with Crippen molar-refractivity contribution < 1.29 is 37.3 Å². The van der Waals surface area contributed by atoms with Gasteiger partial charge in [-0.05, 0) is 63.9 Å². The Balaban J connectivity index is 5.26. The zero-order valence-electron chi connectivity index (χ0n) is 47.7. The molecule has 0 aromatic rings. The zero-order chi connectivity index (χ0) is 52.2. The fourth-order valence-corrected chi connectivity index (χ4v) is 9.59. The van der Waals surface area contributed by atoms with Crippen LogP contribution in [0.25, 0.3) is 0 Å². The van der Waals surface area contributed by atoms with Crippen LogP contribution in [0.5, 0.6) is 0 Å². The second-order valence-electron chi connectivity index (χ2n) is 21.9. The molecule has 0 saturated carbocycles. The second kappa shape index (κ2) is 51.7. The maximum atomic E-state index is 13.5. The average molecular weight is 1020 g/mol. The van der Waals surface area contributed by atoms with E-state index in [0.717, 1.165) is 64.2 Å². The van der Waals surface area contributed by atoms with Crippen LogP contribution in [-0.4, -0.2) is 74.3 Å². The zero-order valence-corrected chi connectivity index (χ0v) is 48.6. The number of likely N-dealkylation sites (N-methyl/N-ethyl adjacent to an activating group) is 1. The fraction of sp³-hybridized carbons (Fsp3) is 0.869. The Morgan fingerprint density at radius 3 is 1.30 bits per heavy atom. The molecule has 0 heterocycles. The van der Waals surface area contributed by atoms with E-state index in [9.17, 15) is 19.0 Å². The van der Waals surface area contributed by atoms with Crippen LogP contribution in [0.4, 0.5) is 0 Å². The van der Waals surface area contributed by atoms with Crippen LogP contribution in [-0.2, 0) is 27.9 Å². The highest BCUT2D eigenvalue weighted by Crippen LogP contribution is 2.43. The number of nitrogens with one attached hydrogen (secondary N) is 1. The topological polar surface area (TPSA) is 111 Å². The van der Waals surface area contributed by atoms with Crippen molar-refractivity contribution in [3.05, 3.63) is 36.5 Å². The molecule has 10 heteroatoms. The van der Waals surface area contributed by atoms with Crippen molar-refractivity contribution in [1.29, 1.82) is 0 Å². The molecule has 3 atom stereocenters. The minimum Gasteiger partial charge on any atom is -0.456 e. The number of phosphoric ester groups is 1. The molecule has 418 valence electrons. The highest BCUT2D eigenvalue weighted by Gasteiger charge is 2.30. The van der Waals surface area contributed by atoms with Gasteiger partial charge in [-0.15, -0.1) is 0 Å². The van der Waals surface area contributed by atoms with Crippen molar-refractivity contribution in [2.45, 2.75) is 303 Å². The highest BCUT2D eigenvalue weighted by molar-refractivity contribution is 7.47. The fourth-order valence-electron chi connectivity index (χ4n) is 8.85. The van der Waals surface area contributed by atoms with Crippen molar-refractivity contribution >= 4 is 19.7 Å². The Hall–Kier alpha value is -1.77. The number of hydrogen-bond donors (Lipinski definition) is 2. The molecule has 0 aromatic carbocycles. The lowest BCUT2D eigenvalue weighted by atomic mass is 10.0. The van der Waals surface area contributed by atoms with Gasteiger partial charge in [-0.25, -0.2) is 4.57 Å². The van der Waals surface area contributed by atoms with Crippen molar-refractivity contribution in [2.75, 3.05) is 40.9 Å². The number of esters is 1. The molecule has 0 fully saturated rings. The summed E-state index contributed by atoms with van der Waals surface area (Å²) < 4.78 is 30.7. The Kier molecular flexibility index (Phi) is 50.4. The maximum Gasteiger partial charge on any atom is 0.472 e. The molecular formula is C61H118N2O7P+. The quantitative estimate of drug-likeness (QED) is 0.0205. The van der Waals surface area contributed by atoms with Gasteiger partial charge in [0.05, 0.1) is 33.8 Å². The molecule has 2 N–H and O–H groups in total. The summed E-state index contributed by atoms with van der Waals surface area (Å²) in [5.74, 6) is -0.498. The first-order valence-electron chi connectivity index (χ1n) is 30.3. The smallest absolute Gasteiger partial charge is 0.456 e. The van der Waals surface area contributed by atoms with E-state index < -0.39 is 20.0 Å². The SMILES string of the molecule is CCCCC/C=C\C/C=C\CCCCCCCCCCCC(=O)NC(COP(=O)(O)OCC[N+](C)(C)C)C(/C=C\CCCCCCCCCCCC)OC(=O)CCCCCCCCCCCCCCCC. The number of amides is 1. The predicted molar refractivity (Wildman–Crippen MR) is 305 cm³/mol. The molecule has 9 nitrogen and oxygen atoms in total. The number of allylic oxidation sites excluding steroid dienone is 5. The lowest BCUT2D eigenvalue weighted by molar-refractivity contribution is -0.870. The monoisotopic (exact) mass is 1020 g/mol. The molecule has 0 aromatic heterocycles. The minimum absolute atomic E-state index is 0.0415. The van der Waals surface area contributed by atoms with Crippen LogP contribution in [0, 0.1) is 0 Å². The van der Waals surface area contributed by atoms with E-state index in [0.29, 0.717) is 23.9 Å². The number of unbranched alkanes of at least 4 members (excludes halogenated alkanes) is 35. The van der Waals surface area contributed by atoms with Crippen molar-refractivity contribution in [3.63, 3.8) is 0 Å². The Morgan fingerprint density at radius 2 is 0.859 bits per heavy atom. The molecule has 0 rings (SSSR count). The second-order valence-corrected chi connectivity index (χ2v) is 23.3. The lowest BCUT2D eigenvalue weighted by Crippen LogP contribution is -2.47. The lowest BCUT2D eigenvalue weighted by Gasteiger charge is -2.27. The summed E-state index contributed by atoms with van der Waals surface area (Å²) in [5.41, 5.74) is 0.